The summed E-state index contributed by atoms with van der Waals surface area (Å²) in [6.07, 6.45) is 0. The Bertz CT molecular complexity index is 778. The summed E-state index contributed by atoms with van der Waals surface area (Å²) in [5, 5.41) is 17.6. The molecule has 0 aliphatic rings. The Balaban J connectivity index is 0.00000338. The molecular formula is C19H25IN4O2. The highest BCUT2D eigenvalue weighted by Crippen LogP contribution is 2.18. The summed E-state index contributed by atoms with van der Waals surface area (Å²) in [6.45, 7) is 7.76. The number of para-hydroxylation sites is 1. The Labute approximate surface area is 171 Å². The predicted molar refractivity (Wildman–Crippen MR) is 116 cm³/mol. The second-order valence-electron chi connectivity index (χ2n) is 5.86. The van der Waals surface area contributed by atoms with Crippen molar-refractivity contribution < 1.29 is 4.92 Å². The maximum atomic E-state index is 11.1. The molecule has 26 heavy (non-hydrogen) atoms. The number of rotatable bonds is 6. The first-order chi connectivity index (χ1) is 12.0. The summed E-state index contributed by atoms with van der Waals surface area (Å²) in [5.41, 5.74) is 4.34. The fourth-order valence-corrected chi connectivity index (χ4v) is 2.55. The van der Waals surface area contributed by atoms with Gasteiger partial charge < -0.3 is 10.6 Å². The first kappa shape index (κ1) is 21.9. The lowest BCUT2D eigenvalue weighted by Gasteiger charge is -2.13. The van der Waals surface area contributed by atoms with Gasteiger partial charge >= 0.3 is 0 Å². The van der Waals surface area contributed by atoms with Crippen LogP contribution in [0, 0.1) is 24.0 Å². The van der Waals surface area contributed by atoms with Gasteiger partial charge in [0.1, 0.15) is 0 Å². The van der Waals surface area contributed by atoms with E-state index in [0.717, 1.165) is 6.54 Å². The van der Waals surface area contributed by atoms with Crippen LogP contribution in [0.4, 0.5) is 5.69 Å². The van der Waals surface area contributed by atoms with Crippen LogP contribution >= 0.6 is 24.0 Å². The van der Waals surface area contributed by atoms with E-state index < -0.39 is 0 Å². The summed E-state index contributed by atoms with van der Waals surface area (Å²) >= 11 is 0. The number of nitro groups is 1. The number of nitrogens with zero attached hydrogens (tertiary/aromatic N) is 2. The van der Waals surface area contributed by atoms with Crippen molar-refractivity contribution in [3.05, 3.63) is 74.8 Å². The van der Waals surface area contributed by atoms with Gasteiger partial charge in [0.25, 0.3) is 5.69 Å². The molecule has 0 spiro atoms. The molecular weight excluding hydrogens is 443 g/mol. The van der Waals surface area contributed by atoms with Crippen LogP contribution in [0.25, 0.3) is 0 Å². The number of aliphatic imine (C=N–C) groups is 1. The fraction of sp³-hybridized carbons (Fsp3) is 0.316. The normalized spacial score (nSPS) is 10.8. The minimum atomic E-state index is -0.374. The Morgan fingerprint density at radius 3 is 2.50 bits per heavy atom. The minimum absolute atomic E-state index is 0. The third kappa shape index (κ3) is 6.29. The van der Waals surface area contributed by atoms with Crippen molar-refractivity contribution in [2.24, 2.45) is 4.99 Å². The van der Waals surface area contributed by atoms with Gasteiger partial charge in [-0.15, -0.1) is 24.0 Å². The maximum Gasteiger partial charge on any atom is 0.274 e. The van der Waals surface area contributed by atoms with Crippen molar-refractivity contribution >= 4 is 35.6 Å². The molecule has 0 atom stereocenters. The predicted octanol–water partition coefficient (Wildman–Crippen LogP) is 4.08. The lowest BCUT2D eigenvalue weighted by Crippen LogP contribution is -2.37. The van der Waals surface area contributed by atoms with Crippen molar-refractivity contribution in [3.8, 4) is 0 Å². The molecule has 2 rings (SSSR count). The quantitative estimate of drug-likeness (QED) is 0.220. The molecule has 0 bridgehead atoms. The molecule has 0 radical (unpaired) electrons. The Kier molecular flexibility index (Phi) is 9.04. The molecule has 0 aliphatic heterocycles. The number of aryl methyl sites for hydroxylation is 2. The van der Waals surface area contributed by atoms with Crippen LogP contribution in [0.3, 0.4) is 0 Å². The molecule has 0 aliphatic carbocycles. The summed E-state index contributed by atoms with van der Waals surface area (Å²) < 4.78 is 0. The molecule has 140 valence electrons. The zero-order valence-electron chi connectivity index (χ0n) is 15.3. The van der Waals surface area contributed by atoms with Gasteiger partial charge in [0.2, 0.25) is 0 Å². The van der Waals surface area contributed by atoms with E-state index in [4.69, 9.17) is 0 Å². The molecule has 2 aromatic rings. The molecule has 6 nitrogen and oxygen atoms in total. The number of halogens is 1. The van der Waals surface area contributed by atoms with Crippen molar-refractivity contribution in [2.45, 2.75) is 33.9 Å². The van der Waals surface area contributed by atoms with Crippen molar-refractivity contribution in [1.82, 2.24) is 10.6 Å². The van der Waals surface area contributed by atoms with E-state index in [-0.39, 0.29) is 41.1 Å². The largest absolute Gasteiger partial charge is 0.357 e. The van der Waals surface area contributed by atoms with E-state index in [9.17, 15) is 10.1 Å². The highest BCUT2D eigenvalue weighted by molar-refractivity contribution is 14.0. The van der Waals surface area contributed by atoms with Gasteiger partial charge in [-0.3, -0.25) is 10.1 Å². The van der Waals surface area contributed by atoms with E-state index in [0.29, 0.717) is 18.1 Å². The van der Waals surface area contributed by atoms with Crippen molar-refractivity contribution in [2.75, 3.05) is 6.54 Å². The third-order valence-corrected chi connectivity index (χ3v) is 3.88. The highest BCUT2D eigenvalue weighted by Gasteiger charge is 2.11. The van der Waals surface area contributed by atoms with E-state index >= 15 is 0 Å². The van der Waals surface area contributed by atoms with Gasteiger partial charge in [0.15, 0.2) is 5.96 Å². The third-order valence-electron chi connectivity index (χ3n) is 3.88. The summed E-state index contributed by atoms with van der Waals surface area (Å²) in [5.74, 6) is 0.639. The van der Waals surface area contributed by atoms with Crippen molar-refractivity contribution in [3.63, 3.8) is 0 Å². The molecule has 0 saturated heterocycles. The van der Waals surface area contributed by atoms with E-state index in [1.165, 1.54) is 22.8 Å². The first-order valence-corrected chi connectivity index (χ1v) is 8.32. The average Bonchev–Trinajstić information content (AvgIpc) is 2.58. The Morgan fingerprint density at radius 1 is 1.12 bits per heavy atom. The Hall–Kier alpha value is -2.16. The van der Waals surface area contributed by atoms with Crippen molar-refractivity contribution in [1.29, 1.82) is 0 Å². The number of hydrogen-bond acceptors (Lipinski definition) is 3. The smallest absolute Gasteiger partial charge is 0.274 e. The lowest BCUT2D eigenvalue weighted by molar-refractivity contribution is -0.385. The first-order valence-electron chi connectivity index (χ1n) is 8.32. The van der Waals surface area contributed by atoms with Gasteiger partial charge in [-0.05, 0) is 31.9 Å². The molecule has 0 aromatic heterocycles. The van der Waals surface area contributed by atoms with Crippen LogP contribution in [0.1, 0.15) is 29.2 Å². The van der Waals surface area contributed by atoms with Crippen LogP contribution in [-0.2, 0) is 13.1 Å². The van der Waals surface area contributed by atoms with Crippen LogP contribution in [0.5, 0.6) is 0 Å². The molecule has 2 N–H and O–H groups in total. The number of nitrogens with one attached hydrogen (secondary N) is 2. The molecule has 0 fully saturated rings. The highest BCUT2D eigenvalue weighted by atomic mass is 127. The number of guanidine groups is 1. The lowest BCUT2D eigenvalue weighted by atomic mass is 10.1. The molecule has 0 saturated carbocycles. The zero-order valence-corrected chi connectivity index (χ0v) is 17.6. The number of nitro benzene ring substituents is 1. The van der Waals surface area contributed by atoms with E-state index in [1.54, 1.807) is 18.2 Å². The van der Waals surface area contributed by atoms with Gasteiger partial charge in [0.05, 0.1) is 17.0 Å². The van der Waals surface area contributed by atoms with E-state index in [1.807, 2.05) is 6.92 Å². The van der Waals surface area contributed by atoms with E-state index in [2.05, 4.69) is 47.7 Å². The summed E-state index contributed by atoms with van der Waals surface area (Å²) in [4.78, 5) is 15.2. The second kappa shape index (κ2) is 10.7. The fourth-order valence-electron chi connectivity index (χ4n) is 2.55. The van der Waals surface area contributed by atoms with Crippen LogP contribution < -0.4 is 10.6 Å². The van der Waals surface area contributed by atoms with Crippen LogP contribution in [-0.4, -0.2) is 17.4 Å². The average molecular weight is 468 g/mol. The molecule has 2 aromatic carbocycles. The topological polar surface area (TPSA) is 79.6 Å². The standard InChI is InChI=1S/C19H24N4O2.HI/c1-4-20-19(21-12-16-10-9-14(2)11-15(16)3)22-13-17-7-5-6-8-18(17)23(24)25;/h5-11H,4,12-13H2,1-3H3,(H2,20,21,22);1H. The molecule has 0 unspecified atom stereocenters. The number of hydrogen-bond donors (Lipinski definition) is 2. The number of benzene rings is 2. The second-order valence-corrected chi connectivity index (χ2v) is 5.86. The zero-order chi connectivity index (χ0) is 18.2. The molecule has 0 heterocycles. The van der Waals surface area contributed by atoms with Crippen LogP contribution in [0.15, 0.2) is 47.5 Å². The van der Waals surface area contributed by atoms with Gasteiger partial charge in [-0.1, -0.05) is 42.0 Å². The summed E-state index contributed by atoms with van der Waals surface area (Å²) in [6, 6.07) is 13.0. The molecule has 0 amide bonds. The monoisotopic (exact) mass is 468 g/mol. The van der Waals surface area contributed by atoms with Gasteiger partial charge in [0, 0.05) is 19.2 Å². The van der Waals surface area contributed by atoms with Gasteiger partial charge in [-0.2, -0.15) is 0 Å². The Morgan fingerprint density at radius 2 is 1.85 bits per heavy atom. The SMILES string of the molecule is CCNC(=NCc1ccccc1[N+](=O)[O-])NCc1ccc(C)cc1C.I. The minimum Gasteiger partial charge on any atom is -0.357 e. The maximum absolute atomic E-state index is 11.1. The van der Waals surface area contributed by atoms with Gasteiger partial charge in [-0.25, -0.2) is 4.99 Å². The molecule has 7 heteroatoms. The summed E-state index contributed by atoms with van der Waals surface area (Å²) in [7, 11) is 0. The van der Waals surface area contributed by atoms with Crippen LogP contribution in [0.2, 0.25) is 0 Å².